The lowest BCUT2D eigenvalue weighted by molar-refractivity contribution is 0.146. The lowest BCUT2D eigenvalue weighted by Crippen LogP contribution is -2.20. The van der Waals surface area contributed by atoms with Crippen molar-refractivity contribution in [2.75, 3.05) is 6.54 Å². The van der Waals surface area contributed by atoms with Crippen molar-refractivity contribution >= 4 is 15.9 Å². The van der Waals surface area contributed by atoms with Gasteiger partial charge in [0.25, 0.3) is 0 Å². The second-order valence-electron chi connectivity index (χ2n) is 4.54. The zero-order chi connectivity index (χ0) is 14.7. The van der Waals surface area contributed by atoms with Gasteiger partial charge in [0.15, 0.2) is 0 Å². The fourth-order valence-corrected chi connectivity index (χ4v) is 2.58. The van der Waals surface area contributed by atoms with E-state index in [0.29, 0.717) is 0 Å². The molecule has 0 saturated carbocycles. The highest BCUT2D eigenvalue weighted by molar-refractivity contribution is 9.10. The number of aliphatic hydroxyl groups is 1. The summed E-state index contributed by atoms with van der Waals surface area (Å²) in [6.07, 6.45) is -1.07. The molecule has 2 atom stereocenters. The Morgan fingerprint density at radius 3 is 2.25 bits per heavy atom. The first-order chi connectivity index (χ1) is 9.51. The first-order valence-electron chi connectivity index (χ1n) is 6.11. The second kappa shape index (κ2) is 6.43. The monoisotopic (exact) mass is 341 g/mol. The molecule has 0 radical (unpaired) electrons. The lowest BCUT2D eigenvalue weighted by atomic mass is 9.89. The first kappa shape index (κ1) is 15.1. The topological polar surface area (TPSA) is 46.2 Å². The van der Waals surface area contributed by atoms with E-state index in [1.807, 2.05) is 24.3 Å². The van der Waals surface area contributed by atoms with E-state index in [1.54, 1.807) is 0 Å². The smallest absolute Gasteiger partial charge is 0.126 e. The molecule has 0 spiro atoms. The van der Waals surface area contributed by atoms with Crippen LogP contribution in [0, 0.1) is 11.6 Å². The zero-order valence-corrected chi connectivity index (χ0v) is 12.1. The van der Waals surface area contributed by atoms with Crippen molar-refractivity contribution in [2.45, 2.75) is 12.0 Å². The van der Waals surface area contributed by atoms with Crippen LogP contribution in [0.5, 0.6) is 0 Å². The molecule has 0 saturated heterocycles. The molecule has 0 bridgehead atoms. The van der Waals surface area contributed by atoms with Crippen LogP contribution in [-0.4, -0.2) is 11.7 Å². The molecule has 2 unspecified atom stereocenters. The summed E-state index contributed by atoms with van der Waals surface area (Å²) in [4.78, 5) is 0. The summed E-state index contributed by atoms with van der Waals surface area (Å²) in [6, 6.07) is 10.3. The van der Waals surface area contributed by atoms with Crippen molar-refractivity contribution < 1.29 is 13.9 Å². The third-order valence-corrected chi connectivity index (χ3v) is 3.63. The van der Waals surface area contributed by atoms with Crippen molar-refractivity contribution in [1.82, 2.24) is 0 Å². The van der Waals surface area contributed by atoms with Gasteiger partial charge < -0.3 is 10.8 Å². The van der Waals surface area contributed by atoms with Gasteiger partial charge in [-0.3, -0.25) is 0 Å². The molecule has 0 amide bonds. The Kier molecular flexibility index (Phi) is 4.86. The molecule has 3 N–H and O–H groups in total. The molecular weight excluding hydrogens is 328 g/mol. The molecular formula is C15H14BrF2NO. The lowest BCUT2D eigenvalue weighted by Gasteiger charge is -2.22. The fraction of sp³-hybridized carbons (Fsp3) is 0.200. The third kappa shape index (κ3) is 3.42. The molecule has 0 aromatic heterocycles. The van der Waals surface area contributed by atoms with Crippen LogP contribution in [0.4, 0.5) is 8.78 Å². The summed E-state index contributed by atoms with van der Waals surface area (Å²) in [7, 11) is 0. The van der Waals surface area contributed by atoms with Gasteiger partial charge in [-0.05, 0) is 35.4 Å². The first-order valence-corrected chi connectivity index (χ1v) is 6.90. The van der Waals surface area contributed by atoms with Crippen LogP contribution in [0.2, 0.25) is 0 Å². The molecule has 0 heterocycles. The summed E-state index contributed by atoms with van der Waals surface area (Å²) in [5.41, 5.74) is 6.69. The summed E-state index contributed by atoms with van der Waals surface area (Å²) in [5.74, 6) is -1.87. The maximum atomic E-state index is 13.2. The molecule has 2 aromatic carbocycles. The zero-order valence-electron chi connectivity index (χ0n) is 10.6. The number of halogens is 3. The molecule has 0 fully saturated rings. The largest absolute Gasteiger partial charge is 0.388 e. The number of rotatable bonds is 4. The number of hydrogen-bond acceptors (Lipinski definition) is 2. The van der Waals surface area contributed by atoms with Gasteiger partial charge >= 0.3 is 0 Å². The van der Waals surface area contributed by atoms with Crippen molar-refractivity contribution in [3.05, 3.63) is 69.7 Å². The molecule has 20 heavy (non-hydrogen) atoms. The summed E-state index contributed by atoms with van der Waals surface area (Å²) in [5, 5.41) is 10.3. The summed E-state index contributed by atoms with van der Waals surface area (Å²) >= 11 is 3.35. The Morgan fingerprint density at radius 2 is 1.70 bits per heavy atom. The quantitative estimate of drug-likeness (QED) is 0.893. The van der Waals surface area contributed by atoms with Gasteiger partial charge in [-0.1, -0.05) is 28.1 Å². The third-order valence-electron chi connectivity index (χ3n) is 3.14. The molecule has 0 aliphatic rings. The van der Waals surface area contributed by atoms with E-state index < -0.39 is 23.7 Å². The maximum Gasteiger partial charge on any atom is 0.126 e. The second-order valence-corrected chi connectivity index (χ2v) is 5.46. The van der Waals surface area contributed by atoms with Gasteiger partial charge in [-0.2, -0.15) is 0 Å². The van der Waals surface area contributed by atoms with Gasteiger partial charge in [0.2, 0.25) is 0 Å². The van der Waals surface area contributed by atoms with Gasteiger partial charge in [0.05, 0.1) is 6.10 Å². The minimum atomic E-state index is -1.07. The van der Waals surface area contributed by atoms with E-state index in [-0.39, 0.29) is 12.1 Å². The predicted molar refractivity (Wildman–Crippen MR) is 77.3 cm³/mol. The predicted octanol–water partition coefficient (Wildman–Crippen LogP) is 3.50. The highest BCUT2D eigenvalue weighted by atomic mass is 79.9. The van der Waals surface area contributed by atoms with Crippen molar-refractivity contribution in [1.29, 1.82) is 0 Å². The SMILES string of the molecule is NCC(c1cccc(Br)c1)C(O)c1cc(F)cc(F)c1. The van der Waals surface area contributed by atoms with Gasteiger partial charge in [0.1, 0.15) is 11.6 Å². The van der Waals surface area contributed by atoms with E-state index in [0.717, 1.165) is 28.2 Å². The van der Waals surface area contributed by atoms with Crippen LogP contribution in [0.3, 0.4) is 0 Å². The Labute approximate surface area is 124 Å². The van der Waals surface area contributed by atoms with Gasteiger partial charge in [0, 0.05) is 23.0 Å². The van der Waals surface area contributed by atoms with E-state index in [9.17, 15) is 13.9 Å². The van der Waals surface area contributed by atoms with E-state index in [2.05, 4.69) is 15.9 Å². The normalized spacial score (nSPS) is 14.1. The van der Waals surface area contributed by atoms with E-state index >= 15 is 0 Å². The molecule has 2 nitrogen and oxygen atoms in total. The molecule has 2 aromatic rings. The van der Waals surface area contributed by atoms with Crippen LogP contribution >= 0.6 is 15.9 Å². The van der Waals surface area contributed by atoms with Gasteiger partial charge in [-0.15, -0.1) is 0 Å². The minimum Gasteiger partial charge on any atom is -0.388 e. The molecule has 2 rings (SSSR count). The Bertz CT molecular complexity index is 586. The molecule has 0 aliphatic carbocycles. The Morgan fingerprint density at radius 1 is 1.05 bits per heavy atom. The van der Waals surface area contributed by atoms with Crippen LogP contribution in [0.25, 0.3) is 0 Å². The molecule has 5 heteroatoms. The molecule has 106 valence electrons. The Hall–Kier alpha value is -1.30. The fourth-order valence-electron chi connectivity index (χ4n) is 2.16. The highest BCUT2D eigenvalue weighted by Gasteiger charge is 2.22. The standard InChI is InChI=1S/C15H14BrF2NO/c16-11-3-1-2-9(4-11)14(8-19)15(20)10-5-12(17)7-13(18)6-10/h1-7,14-15,20H,8,19H2. The number of hydrogen-bond donors (Lipinski definition) is 2. The van der Waals surface area contributed by atoms with Crippen LogP contribution in [0.15, 0.2) is 46.9 Å². The Balaban J connectivity index is 2.35. The minimum absolute atomic E-state index is 0.162. The highest BCUT2D eigenvalue weighted by Crippen LogP contribution is 2.32. The summed E-state index contributed by atoms with van der Waals surface area (Å²) in [6.45, 7) is 0.162. The average molecular weight is 342 g/mol. The van der Waals surface area contributed by atoms with Crippen LogP contribution in [-0.2, 0) is 0 Å². The van der Waals surface area contributed by atoms with E-state index in [1.165, 1.54) is 0 Å². The van der Waals surface area contributed by atoms with Crippen LogP contribution in [0.1, 0.15) is 23.1 Å². The number of benzene rings is 2. The summed E-state index contributed by atoms with van der Waals surface area (Å²) < 4.78 is 27.3. The van der Waals surface area contributed by atoms with Crippen molar-refractivity contribution in [3.63, 3.8) is 0 Å². The van der Waals surface area contributed by atoms with Crippen molar-refractivity contribution in [3.8, 4) is 0 Å². The molecule has 0 aliphatic heterocycles. The van der Waals surface area contributed by atoms with Gasteiger partial charge in [-0.25, -0.2) is 8.78 Å². The van der Waals surface area contributed by atoms with Crippen LogP contribution < -0.4 is 5.73 Å². The maximum absolute atomic E-state index is 13.2. The number of aliphatic hydroxyl groups excluding tert-OH is 1. The van der Waals surface area contributed by atoms with Crippen molar-refractivity contribution in [2.24, 2.45) is 5.73 Å². The average Bonchev–Trinajstić information content (AvgIpc) is 2.38. The van der Waals surface area contributed by atoms with E-state index in [4.69, 9.17) is 5.73 Å². The number of nitrogens with two attached hydrogens (primary N) is 1.